The number of aromatic nitrogens is 5. The van der Waals surface area contributed by atoms with Crippen molar-refractivity contribution in [2.45, 2.75) is 39.2 Å². The summed E-state index contributed by atoms with van der Waals surface area (Å²) >= 11 is 0. The van der Waals surface area contributed by atoms with Crippen molar-refractivity contribution >= 4 is 22.9 Å². The molecule has 0 unspecified atom stereocenters. The van der Waals surface area contributed by atoms with E-state index in [-0.39, 0.29) is 5.95 Å². The summed E-state index contributed by atoms with van der Waals surface area (Å²) in [4.78, 5) is 18.4. The quantitative estimate of drug-likeness (QED) is 0.651. The lowest BCUT2D eigenvalue weighted by atomic mass is 9.95. The van der Waals surface area contributed by atoms with E-state index in [0.717, 1.165) is 49.8 Å². The van der Waals surface area contributed by atoms with Crippen molar-refractivity contribution in [3.8, 4) is 0 Å². The van der Waals surface area contributed by atoms with Crippen molar-refractivity contribution in [1.82, 2.24) is 30.0 Å². The topological polar surface area (TPSA) is 136 Å². The predicted molar refractivity (Wildman–Crippen MR) is 93.7 cm³/mol. The third kappa shape index (κ3) is 2.91. The molecule has 25 heavy (non-hydrogen) atoms. The highest BCUT2D eigenvalue weighted by molar-refractivity contribution is 5.82. The first-order valence-corrected chi connectivity index (χ1v) is 8.44. The van der Waals surface area contributed by atoms with Crippen molar-refractivity contribution in [2.24, 2.45) is 0 Å². The van der Waals surface area contributed by atoms with E-state index < -0.39 is 0 Å². The van der Waals surface area contributed by atoms with Gasteiger partial charge in [-0.1, -0.05) is 5.16 Å². The molecule has 1 fully saturated rings. The lowest BCUT2D eigenvalue weighted by Crippen LogP contribution is -2.33. The third-order valence-corrected chi connectivity index (χ3v) is 4.95. The first kappa shape index (κ1) is 15.8. The Morgan fingerprint density at radius 2 is 1.92 bits per heavy atom. The second-order valence-electron chi connectivity index (χ2n) is 6.64. The van der Waals surface area contributed by atoms with Gasteiger partial charge in [-0.2, -0.15) is 9.97 Å². The number of nitrogens with two attached hydrogens (primary N) is 2. The number of piperidine rings is 1. The Morgan fingerprint density at radius 3 is 2.60 bits per heavy atom. The Hall–Kier alpha value is -2.68. The number of nitrogens with one attached hydrogen (secondary N) is 1. The van der Waals surface area contributed by atoms with E-state index in [1.807, 2.05) is 13.8 Å². The van der Waals surface area contributed by atoms with E-state index in [2.05, 4.69) is 30.0 Å². The predicted octanol–water partition coefficient (Wildman–Crippen LogP) is 1.50. The fourth-order valence-corrected chi connectivity index (χ4v) is 3.46. The molecule has 0 atom stereocenters. The van der Waals surface area contributed by atoms with Gasteiger partial charge in [-0.3, -0.25) is 4.90 Å². The van der Waals surface area contributed by atoms with E-state index in [0.29, 0.717) is 22.9 Å². The summed E-state index contributed by atoms with van der Waals surface area (Å²) in [6.07, 6.45) is 2.04. The molecule has 0 aromatic carbocycles. The summed E-state index contributed by atoms with van der Waals surface area (Å²) in [5.41, 5.74) is 14.9. The summed E-state index contributed by atoms with van der Waals surface area (Å²) in [5, 5.41) is 4.03. The molecule has 9 heteroatoms. The summed E-state index contributed by atoms with van der Waals surface area (Å²) in [6, 6.07) is 0. The molecule has 4 rings (SSSR count). The fraction of sp³-hybridized carbons (Fsp3) is 0.500. The minimum atomic E-state index is 0.150. The highest BCUT2D eigenvalue weighted by Gasteiger charge is 2.25. The Labute approximate surface area is 144 Å². The highest BCUT2D eigenvalue weighted by Crippen LogP contribution is 2.29. The van der Waals surface area contributed by atoms with Crippen LogP contribution in [-0.4, -0.2) is 43.1 Å². The normalized spacial score (nSPS) is 16.7. The Bertz CT molecular complexity index is 887. The number of anilines is 2. The van der Waals surface area contributed by atoms with Crippen LogP contribution in [0.3, 0.4) is 0 Å². The SMILES string of the molecule is Cc1noc(C)c1CN1CCC(c2nc3nc(N)nc(N)c3[nH]2)CC1. The van der Waals surface area contributed by atoms with Gasteiger partial charge in [-0.25, -0.2) is 4.98 Å². The average Bonchev–Trinajstić information content (AvgIpc) is 3.14. The number of aromatic amines is 1. The zero-order valence-electron chi connectivity index (χ0n) is 14.4. The van der Waals surface area contributed by atoms with Gasteiger partial charge in [0.1, 0.15) is 17.1 Å². The Kier molecular flexibility index (Phi) is 3.79. The van der Waals surface area contributed by atoms with Gasteiger partial charge in [0.25, 0.3) is 0 Å². The second kappa shape index (κ2) is 5.99. The van der Waals surface area contributed by atoms with Gasteiger partial charge < -0.3 is 21.0 Å². The van der Waals surface area contributed by atoms with Crippen LogP contribution in [0.4, 0.5) is 11.8 Å². The molecule has 0 aliphatic carbocycles. The van der Waals surface area contributed by atoms with E-state index >= 15 is 0 Å². The van der Waals surface area contributed by atoms with Gasteiger partial charge in [0, 0.05) is 18.0 Å². The number of nitrogens with zero attached hydrogens (tertiary/aromatic N) is 5. The molecule has 3 aromatic heterocycles. The zero-order chi connectivity index (χ0) is 17.6. The molecular weight excluding hydrogens is 320 g/mol. The van der Waals surface area contributed by atoms with Crippen molar-refractivity contribution in [1.29, 1.82) is 0 Å². The maximum Gasteiger partial charge on any atom is 0.224 e. The molecule has 0 radical (unpaired) electrons. The molecule has 1 aliphatic rings. The summed E-state index contributed by atoms with van der Waals surface area (Å²) in [5.74, 6) is 2.67. The van der Waals surface area contributed by atoms with Crippen molar-refractivity contribution in [3.05, 3.63) is 22.8 Å². The molecule has 9 nitrogen and oxygen atoms in total. The average molecular weight is 342 g/mol. The van der Waals surface area contributed by atoms with Gasteiger partial charge in [0.05, 0.1) is 5.69 Å². The number of likely N-dealkylation sites (tertiary alicyclic amines) is 1. The van der Waals surface area contributed by atoms with E-state index in [9.17, 15) is 0 Å². The smallest absolute Gasteiger partial charge is 0.224 e. The van der Waals surface area contributed by atoms with Gasteiger partial charge in [-0.15, -0.1) is 0 Å². The number of H-pyrrole nitrogens is 1. The van der Waals surface area contributed by atoms with Crippen LogP contribution in [0.1, 0.15) is 41.6 Å². The number of aryl methyl sites for hydroxylation is 2. The zero-order valence-corrected chi connectivity index (χ0v) is 14.4. The van der Waals surface area contributed by atoms with Crippen molar-refractivity contribution in [3.63, 3.8) is 0 Å². The molecule has 0 saturated carbocycles. The van der Waals surface area contributed by atoms with Crippen LogP contribution in [0.2, 0.25) is 0 Å². The van der Waals surface area contributed by atoms with Gasteiger partial charge in [0.2, 0.25) is 5.95 Å². The highest BCUT2D eigenvalue weighted by atomic mass is 16.5. The molecule has 3 aromatic rings. The van der Waals surface area contributed by atoms with Crippen molar-refractivity contribution < 1.29 is 4.52 Å². The summed E-state index contributed by atoms with van der Waals surface area (Å²) in [7, 11) is 0. The van der Waals surface area contributed by atoms with Crippen molar-refractivity contribution in [2.75, 3.05) is 24.6 Å². The van der Waals surface area contributed by atoms with Crippen LogP contribution in [0.5, 0.6) is 0 Å². The minimum Gasteiger partial charge on any atom is -0.382 e. The molecule has 0 amide bonds. The minimum absolute atomic E-state index is 0.150. The van der Waals surface area contributed by atoms with Crippen LogP contribution in [0.25, 0.3) is 11.2 Å². The van der Waals surface area contributed by atoms with Crippen LogP contribution in [0, 0.1) is 13.8 Å². The number of nitrogen functional groups attached to an aromatic ring is 2. The molecule has 5 N–H and O–H groups in total. The lowest BCUT2D eigenvalue weighted by Gasteiger charge is -2.30. The number of hydrogen-bond acceptors (Lipinski definition) is 8. The van der Waals surface area contributed by atoms with Crippen LogP contribution in [0.15, 0.2) is 4.52 Å². The van der Waals surface area contributed by atoms with Crippen LogP contribution < -0.4 is 11.5 Å². The first-order valence-electron chi connectivity index (χ1n) is 8.44. The monoisotopic (exact) mass is 342 g/mol. The molecule has 1 saturated heterocycles. The summed E-state index contributed by atoms with van der Waals surface area (Å²) < 4.78 is 5.26. The number of fused-ring (bicyclic) bond motifs is 1. The Balaban J connectivity index is 1.46. The van der Waals surface area contributed by atoms with Crippen LogP contribution >= 0.6 is 0 Å². The second-order valence-corrected chi connectivity index (χ2v) is 6.64. The Morgan fingerprint density at radius 1 is 1.16 bits per heavy atom. The fourth-order valence-electron chi connectivity index (χ4n) is 3.46. The van der Waals surface area contributed by atoms with E-state index in [4.69, 9.17) is 16.0 Å². The molecule has 132 valence electrons. The molecule has 0 bridgehead atoms. The maximum absolute atomic E-state index is 5.90. The van der Waals surface area contributed by atoms with Crippen LogP contribution in [-0.2, 0) is 6.54 Å². The maximum atomic E-state index is 5.90. The third-order valence-electron chi connectivity index (χ3n) is 4.95. The standard InChI is InChI=1S/C16H22N8O/c1-8-11(9(2)25-23-8)7-24-5-3-10(4-6-24)14-19-12-13(17)20-16(18)22-15(12)21-14/h10H,3-7H2,1-2H3,(H5,17,18,19,20,21,22). The number of rotatable bonds is 3. The molecule has 0 spiro atoms. The molecular formula is C16H22N8O. The number of hydrogen-bond donors (Lipinski definition) is 3. The van der Waals surface area contributed by atoms with E-state index in [1.54, 1.807) is 0 Å². The largest absolute Gasteiger partial charge is 0.382 e. The lowest BCUT2D eigenvalue weighted by molar-refractivity contribution is 0.201. The van der Waals surface area contributed by atoms with E-state index in [1.165, 1.54) is 5.56 Å². The van der Waals surface area contributed by atoms with Gasteiger partial charge in [0.15, 0.2) is 11.5 Å². The molecule has 4 heterocycles. The van der Waals surface area contributed by atoms with Gasteiger partial charge in [-0.05, 0) is 39.8 Å². The number of imidazole rings is 1. The first-order chi connectivity index (χ1) is 12.0. The van der Waals surface area contributed by atoms with Gasteiger partial charge >= 0.3 is 0 Å². The summed E-state index contributed by atoms with van der Waals surface area (Å²) in [6.45, 7) is 6.82. The molecule has 1 aliphatic heterocycles.